The van der Waals surface area contributed by atoms with Gasteiger partial charge in [-0.25, -0.2) is 9.37 Å². The molecule has 2 heterocycles. The molecule has 30 heavy (non-hydrogen) atoms. The van der Waals surface area contributed by atoms with Crippen molar-refractivity contribution in [2.75, 3.05) is 5.32 Å². The Kier molecular flexibility index (Phi) is 5.48. The van der Waals surface area contributed by atoms with Gasteiger partial charge in [-0.1, -0.05) is 48.5 Å². The van der Waals surface area contributed by atoms with Gasteiger partial charge in [-0.05, 0) is 35.9 Å². The third-order valence-electron chi connectivity index (χ3n) is 4.53. The van der Waals surface area contributed by atoms with E-state index in [2.05, 4.69) is 10.3 Å². The van der Waals surface area contributed by atoms with E-state index in [9.17, 15) is 14.0 Å². The maximum atomic E-state index is 13.4. The zero-order valence-corrected chi connectivity index (χ0v) is 16.0. The minimum absolute atomic E-state index is 0.196. The standard InChI is InChI=1S/C24H18FN3O2/c25-19-9-4-6-17(14-19)15-28-16-20(12-13-23(28)29)26-24(30)22-11-5-10-21(27-22)18-7-2-1-3-8-18/h1-14,16H,15H2,(H,26,30). The number of rotatable bonds is 5. The number of amides is 1. The van der Waals surface area contributed by atoms with Gasteiger partial charge in [0, 0.05) is 17.8 Å². The molecule has 0 saturated heterocycles. The number of hydrogen-bond donors (Lipinski definition) is 1. The van der Waals surface area contributed by atoms with E-state index in [-0.39, 0.29) is 29.5 Å². The van der Waals surface area contributed by atoms with E-state index in [1.807, 2.05) is 36.4 Å². The van der Waals surface area contributed by atoms with E-state index in [1.54, 1.807) is 24.3 Å². The summed E-state index contributed by atoms with van der Waals surface area (Å²) in [5.41, 5.74) is 2.72. The molecule has 148 valence electrons. The average molecular weight is 399 g/mol. The van der Waals surface area contributed by atoms with Crippen molar-refractivity contribution in [2.45, 2.75) is 6.54 Å². The summed E-state index contributed by atoms with van der Waals surface area (Å²) in [6, 6.07) is 23.8. The van der Waals surface area contributed by atoms with Crippen LogP contribution in [-0.4, -0.2) is 15.5 Å². The Morgan fingerprint density at radius 2 is 1.73 bits per heavy atom. The first kappa shape index (κ1) is 19.3. The van der Waals surface area contributed by atoms with Crippen LogP contribution in [0.3, 0.4) is 0 Å². The second kappa shape index (κ2) is 8.53. The Balaban J connectivity index is 1.55. The van der Waals surface area contributed by atoms with Crippen molar-refractivity contribution in [3.05, 3.63) is 119 Å². The van der Waals surface area contributed by atoms with Gasteiger partial charge >= 0.3 is 0 Å². The first-order valence-electron chi connectivity index (χ1n) is 9.37. The second-order valence-corrected chi connectivity index (χ2v) is 6.74. The average Bonchev–Trinajstić information content (AvgIpc) is 2.77. The highest BCUT2D eigenvalue weighted by atomic mass is 19.1. The number of nitrogens with zero attached hydrogens (tertiary/aromatic N) is 2. The van der Waals surface area contributed by atoms with Crippen molar-refractivity contribution in [2.24, 2.45) is 0 Å². The largest absolute Gasteiger partial charge is 0.319 e. The molecule has 0 spiro atoms. The number of anilines is 1. The summed E-state index contributed by atoms with van der Waals surface area (Å²) in [4.78, 5) is 29.3. The molecule has 4 aromatic rings. The highest BCUT2D eigenvalue weighted by Gasteiger charge is 2.10. The first-order chi connectivity index (χ1) is 14.6. The molecule has 2 aromatic heterocycles. The summed E-state index contributed by atoms with van der Waals surface area (Å²) in [7, 11) is 0. The third-order valence-corrected chi connectivity index (χ3v) is 4.53. The van der Waals surface area contributed by atoms with Gasteiger partial charge in [0.1, 0.15) is 11.5 Å². The smallest absolute Gasteiger partial charge is 0.274 e. The van der Waals surface area contributed by atoms with Gasteiger partial charge in [0.2, 0.25) is 0 Å². The lowest BCUT2D eigenvalue weighted by molar-refractivity contribution is 0.102. The molecule has 0 fully saturated rings. The van der Waals surface area contributed by atoms with Crippen molar-refractivity contribution in [3.63, 3.8) is 0 Å². The highest BCUT2D eigenvalue weighted by Crippen LogP contribution is 2.17. The predicted octanol–water partition coefficient (Wildman–Crippen LogP) is 4.35. The van der Waals surface area contributed by atoms with Crippen molar-refractivity contribution < 1.29 is 9.18 Å². The van der Waals surface area contributed by atoms with Crippen molar-refractivity contribution >= 4 is 11.6 Å². The maximum absolute atomic E-state index is 13.4. The van der Waals surface area contributed by atoms with Crippen LogP contribution in [0, 0.1) is 5.82 Å². The van der Waals surface area contributed by atoms with Gasteiger partial charge in [0.15, 0.2) is 0 Å². The number of carbonyl (C=O) groups excluding carboxylic acids is 1. The molecule has 0 aliphatic rings. The second-order valence-electron chi connectivity index (χ2n) is 6.74. The van der Waals surface area contributed by atoms with Gasteiger partial charge in [0.25, 0.3) is 11.5 Å². The van der Waals surface area contributed by atoms with Gasteiger partial charge in [0.05, 0.1) is 17.9 Å². The number of halogens is 1. The molecule has 6 heteroatoms. The van der Waals surface area contributed by atoms with Crippen LogP contribution in [0.1, 0.15) is 16.1 Å². The molecule has 0 radical (unpaired) electrons. The van der Waals surface area contributed by atoms with Crippen LogP contribution in [-0.2, 0) is 6.54 Å². The molecular formula is C24H18FN3O2. The van der Waals surface area contributed by atoms with Gasteiger partial charge in [-0.15, -0.1) is 0 Å². The van der Waals surface area contributed by atoms with Crippen molar-refractivity contribution in [3.8, 4) is 11.3 Å². The number of benzene rings is 2. The van der Waals surface area contributed by atoms with E-state index < -0.39 is 0 Å². The Hall–Kier alpha value is -4.06. The lowest BCUT2D eigenvalue weighted by atomic mass is 10.1. The van der Waals surface area contributed by atoms with E-state index in [0.29, 0.717) is 16.9 Å². The molecule has 0 unspecified atom stereocenters. The van der Waals surface area contributed by atoms with Crippen LogP contribution in [0.4, 0.5) is 10.1 Å². The molecular weight excluding hydrogens is 381 g/mol. The van der Waals surface area contributed by atoms with Gasteiger partial charge in [-0.3, -0.25) is 9.59 Å². The molecule has 5 nitrogen and oxygen atoms in total. The number of carbonyl (C=O) groups is 1. The summed E-state index contributed by atoms with van der Waals surface area (Å²) in [5, 5.41) is 2.77. The zero-order valence-electron chi connectivity index (χ0n) is 16.0. The van der Waals surface area contributed by atoms with Crippen molar-refractivity contribution in [1.82, 2.24) is 9.55 Å². The SMILES string of the molecule is O=C(Nc1ccc(=O)n(Cc2cccc(F)c2)c1)c1cccc(-c2ccccc2)n1. The monoisotopic (exact) mass is 399 g/mol. The van der Waals surface area contributed by atoms with Crippen LogP contribution in [0.25, 0.3) is 11.3 Å². The Morgan fingerprint density at radius 1 is 0.933 bits per heavy atom. The Morgan fingerprint density at radius 3 is 2.53 bits per heavy atom. The fourth-order valence-electron chi connectivity index (χ4n) is 3.09. The molecule has 0 saturated carbocycles. The predicted molar refractivity (Wildman–Crippen MR) is 114 cm³/mol. The molecule has 0 bridgehead atoms. The fourth-order valence-corrected chi connectivity index (χ4v) is 3.09. The Labute approximate surface area is 172 Å². The molecule has 1 amide bonds. The highest BCUT2D eigenvalue weighted by molar-refractivity contribution is 6.03. The quantitative estimate of drug-likeness (QED) is 0.543. The maximum Gasteiger partial charge on any atom is 0.274 e. The molecule has 4 rings (SSSR count). The van der Waals surface area contributed by atoms with E-state index in [4.69, 9.17) is 0 Å². The number of nitrogens with one attached hydrogen (secondary N) is 1. The minimum Gasteiger partial charge on any atom is -0.319 e. The van der Waals surface area contributed by atoms with Gasteiger partial charge < -0.3 is 9.88 Å². The molecule has 0 atom stereocenters. The van der Waals surface area contributed by atoms with Crippen LogP contribution in [0.15, 0.2) is 95.9 Å². The summed E-state index contributed by atoms with van der Waals surface area (Å²) in [6.45, 7) is 0.196. The summed E-state index contributed by atoms with van der Waals surface area (Å²) in [6.07, 6.45) is 1.53. The Bertz CT molecular complexity index is 1250. The molecule has 0 aliphatic heterocycles. The van der Waals surface area contributed by atoms with Crippen LogP contribution < -0.4 is 10.9 Å². The third kappa shape index (κ3) is 4.50. The van der Waals surface area contributed by atoms with Crippen LogP contribution in [0.5, 0.6) is 0 Å². The minimum atomic E-state index is -0.385. The van der Waals surface area contributed by atoms with E-state index >= 15 is 0 Å². The van der Waals surface area contributed by atoms with Crippen molar-refractivity contribution in [1.29, 1.82) is 0 Å². The number of aromatic nitrogens is 2. The summed E-state index contributed by atoms with van der Waals surface area (Å²) >= 11 is 0. The first-order valence-corrected chi connectivity index (χ1v) is 9.37. The molecule has 1 N–H and O–H groups in total. The lowest BCUT2D eigenvalue weighted by Crippen LogP contribution is -2.21. The normalized spacial score (nSPS) is 10.6. The topological polar surface area (TPSA) is 64.0 Å². The number of pyridine rings is 2. The van der Waals surface area contributed by atoms with Gasteiger partial charge in [-0.2, -0.15) is 0 Å². The van der Waals surface area contributed by atoms with E-state index in [1.165, 1.54) is 35.0 Å². The van der Waals surface area contributed by atoms with Crippen LogP contribution >= 0.6 is 0 Å². The molecule has 2 aromatic carbocycles. The number of hydrogen-bond acceptors (Lipinski definition) is 3. The fraction of sp³-hybridized carbons (Fsp3) is 0.0417. The summed E-state index contributed by atoms with van der Waals surface area (Å²) in [5.74, 6) is -0.752. The van der Waals surface area contributed by atoms with Crippen LogP contribution in [0.2, 0.25) is 0 Å². The van der Waals surface area contributed by atoms with E-state index in [0.717, 1.165) is 5.56 Å². The summed E-state index contributed by atoms with van der Waals surface area (Å²) < 4.78 is 14.8. The lowest BCUT2D eigenvalue weighted by Gasteiger charge is -2.10. The zero-order chi connectivity index (χ0) is 20.9. The molecule has 0 aliphatic carbocycles.